The highest BCUT2D eigenvalue weighted by molar-refractivity contribution is 5.94. The fourth-order valence-electron chi connectivity index (χ4n) is 3.90. The number of amides is 2. The third-order valence-corrected chi connectivity index (χ3v) is 5.64. The third-order valence-electron chi connectivity index (χ3n) is 5.64. The Bertz CT molecular complexity index is 1060. The van der Waals surface area contributed by atoms with Crippen LogP contribution in [0.3, 0.4) is 0 Å². The summed E-state index contributed by atoms with van der Waals surface area (Å²) in [5.41, 5.74) is 1.37. The molecule has 9 nitrogen and oxygen atoms in total. The maximum atomic E-state index is 12.5. The van der Waals surface area contributed by atoms with Gasteiger partial charge in [0.25, 0.3) is 0 Å². The minimum absolute atomic E-state index is 0.268. The van der Waals surface area contributed by atoms with Crippen molar-refractivity contribution in [2.24, 2.45) is 0 Å². The number of H-pyrrole nitrogens is 1. The molecule has 0 saturated carbocycles. The molecule has 1 aromatic carbocycles. The molecule has 0 spiro atoms. The van der Waals surface area contributed by atoms with Crippen LogP contribution in [0, 0.1) is 0 Å². The first kappa shape index (κ1) is 22.9. The first-order valence-corrected chi connectivity index (χ1v) is 10.7. The fraction of sp³-hybridized carbons (Fsp3) is 0.409. The van der Waals surface area contributed by atoms with Crippen LogP contribution in [0.5, 0.6) is 0 Å². The number of fused-ring (bicyclic) bond motifs is 1. The number of carbonyl (C=O) groups excluding carboxylic acids is 1. The van der Waals surface area contributed by atoms with E-state index in [0.717, 1.165) is 42.7 Å². The molecular formula is C22H26F2N6O3. The number of pyridine rings is 1. The molecular weight excluding hydrogens is 434 g/mol. The van der Waals surface area contributed by atoms with Crippen molar-refractivity contribution < 1.29 is 23.0 Å². The number of hydrogen-bond acceptors (Lipinski definition) is 6. The van der Waals surface area contributed by atoms with Crippen LogP contribution in [0.15, 0.2) is 42.6 Å². The summed E-state index contributed by atoms with van der Waals surface area (Å²) in [4.78, 5) is 19.0. The molecule has 1 atom stereocenters. The van der Waals surface area contributed by atoms with Gasteiger partial charge in [0.2, 0.25) is 0 Å². The Labute approximate surface area is 189 Å². The zero-order valence-electron chi connectivity index (χ0n) is 18.1. The van der Waals surface area contributed by atoms with Crippen molar-refractivity contribution in [3.63, 3.8) is 0 Å². The van der Waals surface area contributed by atoms with E-state index in [4.69, 9.17) is 4.74 Å². The summed E-state index contributed by atoms with van der Waals surface area (Å²) < 4.78 is 34.9. The van der Waals surface area contributed by atoms with Gasteiger partial charge in [-0.2, -0.15) is 13.9 Å². The minimum Gasteiger partial charge on any atom is -0.381 e. The number of methoxy groups -OCH3 is 1. The highest BCUT2D eigenvalue weighted by atomic mass is 19.3. The zero-order chi connectivity index (χ0) is 23.2. The first-order chi connectivity index (χ1) is 16.0. The fourth-order valence-corrected chi connectivity index (χ4v) is 3.90. The normalized spacial score (nSPS) is 15.7. The molecule has 176 valence electrons. The summed E-state index contributed by atoms with van der Waals surface area (Å²) in [7, 11) is 1.73. The molecule has 11 heteroatoms. The molecule has 0 unspecified atom stereocenters. The number of alkyl halides is 2. The monoisotopic (exact) mass is 460 g/mol. The van der Waals surface area contributed by atoms with Gasteiger partial charge in [0.05, 0.1) is 29.7 Å². The van der Waals surface area contributed by atoms with Crippen LogP contribution in [0.1, 0.15) is 24.4 Å². The highest BCUT2D eigenvalue weighted by Gasteiger charge is 2.23. The van der Waals surface area contributed by atoms with E-state index in [2.05, 4.69) is 35.5 Å². The van der Waals surface area contributed by atoms with Gasteiger partial charge in [-0.05, 0) is 18.4 Å². The van der Waals surface area contributed by atoms with Crippen molar-refractivity contribution >= 4 is 28.6 Å². The van der Waals surface area contributed by atoms with Gasteiger partial charge in [-0.25, -0.2) is 9.78 Å². The van der Waals surface area contributed by atoms with Crippen molar-refractivity contribution in [2.45, 2.75) is 31.6 Å². The largest absolute Gasteiger partial charge is 0.381 e. The summed E-state index contributed by atoms with van der Waals surface area (Å²) in [5.74, 6) is 1.12. The molecule has 2 amide bonds. The van der Waals surface area contributed by atoms with Crippen molar-refractivity contribution in [1.29, 1.82) is 0 Å². The Balaban J connectivity index is 1.42. The lowest BCUT2D eigenvalue weighted by Gasteiger charge is -2.31. The lowest BCUT2D eigenvalue weighted by Crippen LogP contribution is -2.36. The lowest BCUT2D eigenvalue weighted by atomic mass is 10.1. The Morgan fingerprint density at radius 1 is 1.27 bits per heavy atom. The lowest BCUT2D eigenvalue weighted by molar-refractivity contribution is -0.133. The number of aromatic amines is 1. The maximum absolute atomic E-state index is 12.5. The average Bonchev–Trinajstić information content (AvgIpc) is 3.25. The Morgan fingerprint density at radius 3 is 2.73 bits per heavy atom. The molecule has 3 aromatic rings. The first-order valence-electron chi connectivity index (χ1n) is 10.7. The number of hydrogen-bond donors (Lipinski definition) is 3. The van der Waals surface area contributed by atoms with E-state index in [1.165, 1.54) is 0 Å². The number of rotatable bonds is 8. The van der Waals surface area contributed by atoms with E-state index < -0.39 is 18.7 Å². The van der Waals surface area contributed by atoms with Crippen LogP contribution in [-0.4, -0.2) is 60.7 Å². The van der Waals surface area contributed by atoms with E-state index in [9.17, 15) is 13.6 Å². The van der Waals surface area contributed by atoms with Crippen molar-refractivity contribution in [1.82, 2.24) is 20.5 Å². The van der Waals surface area contributed by atoms with Crippen LogP contribution < -0.4 is 15.5 Å². The number of nitrogens with one attached hydrogen (secondary N) is 3. The number of piperidine rings is 1. The predicted molar refractivity (Wildman–Crippen MR) is 119 cm³/mol. The molecule has 0 radical (unpaired) electrons. The molecule has 4 rings (SSSR count). The quantitative estimate of drug-likeness (QED) is 0.474. The number of halogens is 2. The van der Waals surface area contributed by atoms with E-state index in [-0.39, 0.29) is 12.7 Å². The molecule has 3 heterocycles. The summed E-state index contributed by atoms with van der Waals surface area (Å²) >= 11 is 0. The summed E-state index contributed by atoms with van der Waals surface area (Å²) in [6.07, 6.45) is 3.77. The number of nitrogens with zero attached hydrogens (tertiary/aromatic N) is 3. The van der Waals surface area contributed by atoms with Crippen LogP contribution >= 0.6 is 0 Å². The standard InChI is InChI=1S/C22H26F2N6O3/c1-32-15-7-9-30(10-8-15)20-16-12-25-19(11-17(16)28-29-20)27-22(31)26-18(13-33-21(23)24)14-5-3-2-4-6-14/h2-6,11-12,15,18,21H,7-10,13H2,1H3,(H,28,29)(H2,25,26,27,31)/t18-/m1/s1. The molecule has 1 saturated heterocycles. The molecule has 1 aliphatic heterocycles. The number of urea groups is 1. The van der Waals surface area contributed by atoms with Gasteiger partial charge in [-0.3, -0.25) is 10.4 Å². The average molecular weight is 460 g/mol. The van der Waals surface area contributed by atoms with Crippen LogP contribution in [0.25, 0.3) is 10.9 Å². The van der Waals surface area contributed by atoms with Gasteiger partial charge in [0.1, 0.15) is 5.82 Å². The molecule has 1 fully saturated rings. The van der Waals surface area contributed by atoms with Gasteiger partial charge in [0.15, 0.2) is 5.82 Å². The summed E-state index contributed by atoms with van der Waals surface area (Å²) in [6.45, 7) is -1.63. The van der Waals surface area contributed by atoms with Crippen LogP contribution in [-0.2, 0) is 9.47 Å². The van der Waals surface area contributed by atoms with Crippen molar-refractivity contribution in [3.05, 3.63) is 48.2 Å². The number of carbonyl (C=O) groups is 1. The second kappa shape index (κ2) is 10.5. The Hall–Kier alpha value is -3.31. The predicted octanol–water partition coefficient (Wildman–Crippen LogP) is 3.68. The molecule has 0 aliphatic carbocycles. The van der Waals surface area contributed by atoms with Crippen molar-refractivity contribution in [3.8, 4) is 0 Å². The van der Waals surface area contributed by atoms with Gasteiger partial charge < -0.3 is 19.7 Å². The number of ether oxygens (including phenoxy) is 2. The zero-order valence-corrected chi connectivity index (χ0v) is 18.1. The van der Waals surface area contributed by atoms with E-state index in [1.807, 2.05) is 0 Å². The van der Waals surface area contributed by atoms with Gasteiger partial charge >= 0.3 is 12.6 Å². The molecule has 0 bridgehead atoms. The number of anilines is 2. The smallest absolute Gasteiger partial charge is 0.345 e. The second-order valence-electron chi connectivity index (χ2n) is 7.74. The Kier molecular flexibility index (Phi) is 7.30. The number of benzene rings is 1. The third kappa shape index (κ3) is 5.74. The molecule has 2 aromatic heterocycles. The number of aromatic nitrogens is 3. The second-order valence-corrected chi connectivity index (χ2v) is 7.74. The summed E-state index contributed by atoms with van der Waals surface area (Å²) in [6, 6.07) is 9.11. The van der Waals surface area contributed by atoms with Gasteiger partial charge in [-0.1, -0.05) is 30.3 Å². The molecule has 33 heavy (non-hydrogen) atoms. The topological polar surface area (TPSA) is 104 Å². The van der Waals surface area contributed by atoms with Crippen LogP contribution in [0.4, 0.5) is 25.2 Å². The van der Waals surface area contributed by atoms with E-state index in [0.29, 0.717) is 11.4 Å². The highest BCUT2D eigenvalue weighted by Crippen LogP contribution is 2.28. The maximum Gasteiger partial charge on any atom is 0.345 e. The molecule has 1 aliphatic rings. The Morgan fingerprint density at radius 2 is 2.03 bits per heavy atom. The summed E-state index contributed by atoms with van der Waals surface area (Å²) in [5, 5.41) is 13.6. The van der Waals surface area contributed by atoms with Gasteiger partial charge in [-0.15, -0.1) is 0 Å². The minimum atomic E-state index is -2.93. The van der Waals surface area contributed by atoms with Crippen molar-refractivity contribution in [2.75, 3.05) is 37.0 Å². The van der Waals surface area contributed by atoms with Crippen LogP contribution in [0.2, 0.25) is 0 Å². The van der Waals surface area contributed by atoms with E-state index in [1.54, 1.807) is 49.7 Å². The van der Waals surface area contributed by atoms with E-state index >= 15 is 0 Å². The SMILES string of the molecule is COC1CCN(c2n[nH]c3cc(NC(=O)N[C@H](COC(F)F)c4ccccc4)ncc23)CC1. The molecule has 3 N–H and O–H groups in total. The van der Waals surface area contributed by atoms with Gasteiger partial charge in [0, 0.05) is 32.5 Å².